The molecule has 0 bridgehead atoms. The fraction of sp³-hybridized carbons (Fsp3) is 0.579. The van der Waals surface area contributed by atoms with Gasteiger partial charge in [0.1, 0.15) is 0 Å². The Morgan fingerprint density at radius 2 is 1.77 bits per heavy atom. The van der Waals surface area contributed by atoms with Crippen LogP contribution in [0.15, 0.2) is 24.3 Å². The Morgan fingerprint density at radius 1 is 1.13 bits per heavy atom. The van der Waals surface area contributed by atoms with Crippen LogP contribution in [0.2, 0.25) is 0 Å². The molecule has 0 saturated carbocycles. The molecule has 0 spiro atoms. The van der Waals surface area contributed by atoms with E-state index in [1.807, 2.05) is 0 Å². The van der Waals surface area contributed by atoms with Gasteiger partial charge >= 0.3 is 6.18 Å². The number of alkyl halides is 3. The third-order valence-electron chi connectivity index (χ3n) is 4.79. The van der Waals surface area contributed by atoms with E-state index >= 15 is 0 Å². The van der Waals surface area contributed by atoms with Crippen LogP contribution >= 0.6 is 0 Å². The second-order valence-electron chi connectivity index (χ2n) is 7.14. The van der Waals surface area contributed by atoms with Gasteiger partial charge in [-0.2, -0.15) is 13.2 Å². The zero-order valence-corrected chi connectivity index (χ0v) is 17.5. The van der Waals surface area contributed by atoms with E-state index in [1.54, 1.807) is 6.92 Å². The van der Waals surface area contributed by atoms with Crippen molar-refractivity contribution in [1.29, 1.82) is 0 Å². The van der Waals surface area contributed by atoms with Crippen LogP contribution in [0.1, 0.15) is 42.1 Å². The van der Waals surface area contributed by atoms with Gasteiger partial charge in [0, 0.05) is 31.7 Å². The topological polar surface area (TPSA) is 95.6 Å². The van der Waals surface area contributed by atoms with E-state index in [4.69, 9.17) is 0 Å². The summed E-state index contributed by atoms with van der Waals surface area (Å²) < 4.78 is 63.4. The highest BCUT2D eigenvalue weighted by Gasteiger charge is 2.32. The number of nitrogens with zero attached hydrogens (tertiary/aromatic N) is 1. The maximum absolute atomic E-state index is 12.5. The van der Waals surface area contributed by atoms with E-state index in [9.17, 15) is 31.2 Å². The maximum atomic E-state index is 12.5. The number of piperidine rings is 1. The molecule has 2 rings (SSSR count). The van der Waals surface area contributed by atoms with E-state index in [-0.39, 0.29) is 36.9 Å². The molecule has 2 N–H and O–H groups in total. The number of halogens is 3. The largest absolute Gasteiger partial charge is 0.416 e. The quantitative estimate of drug-likeness (QED) is 0.594. The van der Waals surface area contributed by atoms with Gasteiger partial charge in [-0.25, -0.2) is 12.7 Å². The average molecular weight is 449 g/mol. The van der Waals surface area contributed by atoms with Crippen LogP contribution in [0.4, 0.5) is 13.2 Å². The van der Waals surface area contributed by atoms with Crippen LogP contribution in [0.3, 0.4) is 0 Å². The molecule has 1 unspecified atom stereocenters. The molecule has 1 aromatic carbocycles. The third kappa shape index (κ3) is 6.69. The molecule has 1 fully saturated rings. The van der Waals surface area contributed by atoms with Gasteiger partial charge in [-0.15, -0.1) is 0 Å². The fourth-order valence-electron chi connectivity index (χ4n) is 3.21. The minimum Gasteiger partial charge on any atom is -0.354 e. The lowest BCUT2D eigenvalue weighted by Crippen LogP contribution is -2.47. The number of carbonyl (C=O) groups excluding carboxylic acids is 2. The molecule has 1 saturated heterocycles. The molecular formula is C19H26F3N3O4S. The first-order chi connectivity index (χ1) is 14.0. The summed E-state index contributed by atoms with van der Waals surface area (Å²) in [6, 6.07) is 3.84. The standard InChI is InChI=1S/C19H26F3N3O4S/c1-2-12-30(28,29)25-11-3-4-15(13-25)18(27)24-10-9-23-17(26)14-5-7-16(8-6-14)19(20,21)22/h5-8,15H,2-4,9-13H2,1H3,(H,23,26)(H,24,27). The van der Waals surface area contributed by atoms with E-state index in [0.29, 0.717) is 25.8 Å². The summed E-state index contributed by atoms with van der Waals surface area (Å²) in [5, 5.41) is 5.19. The summed E-state index contributed by atoms with van der Waals surface area (Å²) >= 11 is 0. The van der Waals surface area contributed by atoms with Crippen molar-refractivity contribution >= 4 is 21.8 Å². The van der Waals surface area contributed by atoms with Crippen molar-refractivity contribution in [2.75, 3.05) is 31.9 Å². The van der Waals surface area contributed by atoms with E-state index < -0.39 is 33.6 Å². The minimum atomic E-state index is -4.47. The molecule has 30 heavy (non-hydrogen) atoms. The van der Waals surface area contributed by atoms with Gasteiger partial charge in [0.15, 0.2) is 0 Å². The van der Waals surface area contributed by atoms with Crippen LogP contribution in [-0.2, 0) is 21.0 Å². The van der Waals surface area contributed by atoms with Crippen LogP contribution in [-0.4, -0.2) is 56.5 Å². The van der Waals surface area contributed by atoms with Crippen molar-refractivity contribution in [3.05, 3.63) is 35.4 Å². The smallest absolute Gasteiger partial charge is 0.354 e. The predicted octanol–water partition coefficient (Wildman–Crippen LogP) is 2.00. The molecule has 168 valence electrons. The molecule has 1 atom stereocenters. The van der Waals surface area contributed by atoms with Crippen molar-refractivity contribution < 1.29 is 31.2 Å². The molecule has 11 heteroatoms. The first-order valence-electron chi connectivity index (χ1n) is 9.75. The average Bonchev–Trinajstić information content (AvgIpc) is 2.70. The normalized spacial score (nSPS) is 18.1. The number of nitrogens with one attached hydrogen (secondary N) is 2. The summed E-state index contributed by atoms with van der Waals surface area (Å²) in [6.45, 7) is 2.56. The van der Waals surface area contributed by atoms with Gasteiger partial charge in [0.2, 0.25) is 15.9 Å². The molecule has 0 aliphatic carbocycles. The zero-order valence-electron chi connectivity index (χ0n) is 16.7. The second-order valence-corrected chi connectivity index (χ2v) is 9.22. The summed E-state index contributed by atoms with van der Waals surface area (Å²) in [5.41, 5.74) is -0.757. The number of benzene rings is 1. The van der Waals surface area contributed by atoms with Gasteiger partial charge in [0.05, 0.1) is 17.2 Å². The molecule has 7 nitrogen and oxygen atoms in total. The van der Waals surface area contributed by atoms with Crippen LogP contribution in [0, 0.1) is 5.92 Å². The van der Waals surface area contributed by atoms with Gasteiger partial charge in [-0.1, -0.05) is 6.92 Å². The highest BCUT2D eigenvalue weighted by molar-refractivity contribution is 7.89. The van der Waals surface area contributed by atoms with Gasteiger partial charge < -0.3 is 10.6 Å². The zero-order chi connectivity index (χ0) is 22.4. The van der Waals surface area contributed by atoms with E-state index in [0.717, 1.165) is 24.3 Å². The molecule has 1 aromatic rings. The first kappa shape index (κ1) is 24.1. The Bertz CT molecular complexity index is 842. The Labute approximate surface area is 174 Å². The number of carbonyl (C=O) groups is 2. The lowest BCUT2D eigenvalue weighted by Gasteiger charge is -2.31. The Hall–Kier alpha value is -2.14. The minimum absolute atomic E-state index is 0.0529. The third-order valence-corrected chi connectivity index (χ3v) is 6.84. The Kier molecular flexibility index (Phi) is 8.25. The summed E-state index contributed by atoms with van der Waals surface area (Å²) in [5.74, 6) is -1.23. The molecule has 1 aliphatic rings. The lowest BCUT2D eigenvalue weighted by molar-refractivity contribution is -0.137. The second kappa shape index (κ2) is 10.3. The van der Waals surface area contributed by atoms with Crippen molar-refractivity contribution in [2.45, 2.75) is 32.4 Å². The lowest BCUT2D eigenvalue weighted by atomic mass is 9.99. The molecule has 2 amide bonds. The monoisotopic (exact) mass is 449 g/mol. The number of hydrogen-bond acceptors (Lipinski definition) is 4. The van der Waals surface area contributed by atoms with Crippen molar-refractivity contribution in [2.24, 2.45) is 5.92 Å². The first-order valence-corrected chi connectivity index (χ1v) is 11.4. The van der Waals surface area contributed by atoms with Crippen molar-refractivity contribution in [1.82, 2.24) is 14.9 Å². The molecule has 1 aliphatic heterocycles. The molecule has 0 radical (unpaired) electrons. The van der Waals surface area contributed by atoms with E-state index in [1.165, 1.54) is 4.31 Å². The maximum Gasteiger partial charge on any atom is 0.416 e. The van der Waals surface area contributed by atoms with Crippen LogP contribution < -0.4 is 10.6 Å². The molecule has 1 heterocycles. The SMILES string of the molecule is CCCS(=O)(=O)N1CCCC(C(=O)NCCNC(=O)c2ccc(C(F)(F)F)cc2)C1. The van der Waals surface area contributed by atoms with Gasteiger partial charge in [0.25, 0.3) is 5.91 Å². The number of amides is 2. The molecular weight excluding hydrogens is 423 g/mol. The summed E-state index contributed by atoms with van der Waals surface area (Å²) in [7, 11) is -3.35. The summed E-state index contributed by atoms with van der Waals surface area (Å²) in [4.78, 5) is 24.3. The summed E-state index contributed by atoms with van der Waals surface area (Å²) in [6.07, 6.45) is -2.77. The highest BCUT2D eigenvalue weighted by atomic mass is 32.2. The number of hydrogen-bond donors (Lipinski definition) is 2. The number of rotatable bonds is 8. The Morgan fingerprint density at radius 3 is 2.37 bits per heavy atom. The van der Waals surface area contributed by atoms with Crippen molar-refractivity contribution in [3.63, 3.8) is 0 Å². The fourth-order valence-corrected chi connectivity index (χ4v) is 4.80. The number of sulfonamides is 1. The Balaban J connectivity index is 1.77. The van der Waals surface area contributed by atoms with Crippen molar-refractivity contribution in [3.8, 4) is 0 Å². The highest BCUT2D eigenvalue weighted by Crippen LogP contribution is 2.29. The van der Waals surface area contributed by atoms with Gasteiger partial charge in [-0.3, -0.25) is 9.59 Å². The predicted molar refractivity (Wildman–Crippen MR) is 105 cm³/mol. The van der Waals surface area contributed by atoms with E-state index in [2.05, 4.69) is 10.6 Å². The van der Waals surface area contributed by atoms with Gasteiger partial charge in [-0.05, 0) is 43.5 Å². The van der Waals surface area contributed by atoms with Crippen LogP contribution in [0.25, 0.3) is 0 Å². The van der Waals surface area contributed by atoms with Crippen LogP contribution in [0.5, 0.6) is 0 Å². The molecule has 0 aromatic heterocycles.